The van der Waals surface area contributed by atoms with Crippen molar-refractivity contribution in [1.82, 2.24) is 10.0 Å². The van der Waals surface area contributed by atoms with Crippen LogP contribution in [0.2, 0.25) is 0 Å². The third kappa shape index (κ3) is 7.48. The van der Waals surface area contributed by atoms with E-state index in [9.17, 15) is 8.42 Å². The number of aliphatic imine (C=N–C) groups is 1. The molecule has 3 rings (SSSR count). The minimum Gasteiger partial charge on any atom is -0.497 e. The highest BCUT2D eigenvalue weighted by molar-refractivity contribution is 14.0. The predicted molar refractivity (Wildman–Crippen MR) is 125 cm³/mol. The maximum absolute atomic E-state index is 12.2. The van der Waals surface area contributed by atoms with Gasteiger partial charge in [0.15, 0.2) is 5.96 Å². The van der Waals surface area contributed by atoms with E-state index < -0.39 is 10.0 Å². The molecular weight excluding hydrogens is 503 g/mol. The van der Waals surface area contributed by atoms with E-state index >= 15 is 0 Å². The summed E-state index contributed by atoms with van der Waals surface area (Å²) in [6.07, 6.45) is 2.65. The SMILES string of the molecule is COc1ccc(CCNC(N)=NCc2ccc(S(=O)(=O)NC3CC3)cc2)cc1.I. The van der Waals surface area contributed by atoms with Gasteiger partial charge in [-0.05, 0) is 54.7 Å². The first-order valence-electron chi connectivity index (χ1n) is 9.24. The summed E-state index contributed by atoms with van der Waals surface area (Å²) in [5, 5.41) is 3.08. The molecule has 7 nitrogen and oxygen atoms in total. The number of nitrogens with zero attached hydrogens (tertiary/aromatic N) is 1. The van der Waals surface area contributed by atoms with E-state index in [4.69, 9.17) is 10.5 Å². The standard InChI is InChI=1S/C20H26N4O3S.HI/c1-27-18-8-2-15(3-9-18)12-13-22-20(21)23-14-16-4-10-19(11-5-16)28(25,26)24-17-6-7-17;/h2-5,8-11,17,24H,6-7,12-14H2,1H3,(H3,21,22,23);1H. The number of sulfonamides is 1. The van der Waals surface area contributed by atoms with Crippen molar-refractivity contribution in [3.8, 4) is 5.75 Å². The van der Waals surface area contributed by atoms with Crippen molar-refractivity contribution < 1.29 is 13.2 Å². The van der Waals surface area contributed by atoms with Crippen LogP contribution >= 0.6 is 24.0 Å². The second-order valence-corrected chi connectivity index (χ2v) is 8.48. The van der Waals surface area contributed by atoms with Gasteiger partial charge in [-0.15, -0.1) is 24.0 Å². The lowest BCUT2D eigenvalue weighted by atomic mass is 10.1. The van der Waals surface area contributed by atoms with E-state index in [1.165, 1.54) is 5.56 Å². The molecule has 0 unspecified atom stereocenters. The average Bonchev–Trinajstić information content (AvgIpc) is 3.50. The highest BCUT2D eigenvalue weighted by Crippen LogP contribution is 2.22. The second-order valence-electron chi connectivity index (χ2n) is 6.77. The van der Waals surface area contributed by atoms with Crippen molar-refractivity contribution >= 4 is 40.0 Å². The Morgan fingerprint density at radius 2 is 1.72 bits per heavy atom. The van der Waals surface area contributed by atoms with Crippen LogP contribution < -0.4 is 20.5 Å². The summed E-state index contributed by atoms with van der Waals surface area (Å²) >= 11 is 0. The van der Waals surface area contributed by atoms with Crippen LogP contribution in [0.15, 0.2) is 58.4 Å². The Balaban J connectivity index is 0.00000300. The minimum absolute atomic E-state index is 0. The number of nitrogens with two attached hydrogens (primary N) is 1. The van der Waals surface area contributed by atoms with E-state index in [0.717, 1.165) is 30.6 Å². The highest BCUT2D eigenvalue weighted by atomic mass is 127. The molecule has 0 aliphatic heterocycles. The van der Waals surface area contributed by atoms with Crippen molar-refractivity contribution in [1.29, 1.82) is 0 Å². The molecule has 0 heterocycles. The minimum atomic E-state index is -3.42. The van der Waals surface area contributed by atoms with Crippen molar-refractivity contribution in [2.75, 3.05) is 13.7 Å². The fourth-order valence-electron chi connectivity index (χ4n) is 2.62. The largest absolute Gasteiger partial charge is 0.497 e. The second kappa shape index (κ2) is 10.8. The fourth-order valence-corrected chi connectivity index (χ4v) is 3.93. The molecule has 2 aromatic rings. The number of halogens is 1. The topological polar surface area (TPSA) is 106 Å². The summed E-state index contributed by atoms with van der Waals surface area (Å²) in [4.78, 5) is 4.58. The number of methoxy groups -OCH3 is 1. The number of hydrogen-bond donors (Lipinski definition) is 3. The van der Waals surface area contributed by atoms with Gasteiger partial charge in [0.2, 0.25) is 10.0 Å². The number of hydrogen-bond acceptors (Lipinski definition) is 4. The van der Waals surface area contributed by atoms with Crippen molar-refractivity contribution in [3.63, 3.8) is 0 Å². The molecule has 0 radical (unpaired) electrons. The van der Waals surface area contributed by atoms with E-state index in [0.29, 0.717) is 19.0 Å². The van der Waals surface area contributed by atoms with Crippen molar-refractivity contribution in [2.24, 2.45) is 10.7 Å². The Kier molecular flexibility index (Phi) is 8.72. The molecule has 0 aromatic heterocycles. The molecule has 0 spiro atoms. The van der Waals surface area contributed by atoms with Gasteiger partial charge in [-0.25, -0.2) is 18.1 Å². The third-order valence-corrected chi connectivity index (χ3v) is 5.98. The Morgan fingerprint density at radius 3 is 2.31 bits per heavy atom. The smallest absolute Gasteiger partial charge is 0.240 e. The van der Waals surface area contributed by atoms with Crippen LogP contribution in [0.3, 0.4) is 0 Å². The number of nitrogens with one attached hydrogen (secondary N) is 2. The van der Waals surface area contributed by atoms with Gasteiger partial charge >= 0.3 is 0 Å². The summed E-state index contributed by atoms with van der Waals surface area (Å²) in [7, 11) is -1.77. The number of guanidine groups is 1. The van der Waals surface area contributed by atoms with E-state index in [1.54, 1.807) is 31.4 Å². The van der Waals surface area contributed by atoms with Crippen molar-refractivity contribution in [3.05, 3.63) is 59.7 Å². The summed E-state index contributed by atoms with van der Waals surface area (Å²) in [6, 6.07) is 14.7. The first-order chi connectivity index (χ1) is 13.5. The molecule has 0 saturated heterocycles. The Bertz CT molecular complexity index is 912. The van der Waals surface area contributed by atoms with Crippen LogP contribution in [0.4, 0.5) is 0 Å². The van der Waals surface area contributed by atoms with E-state index in [1.807, 2.05) is 24.3 Å². The average molecular weight is 530 g/mol. The van der Waals surface area contributed by atoms with Crippen LogP contribution in [-0.2, 0) is 23.0 Å². The van der Waals surface area contributed by atoms with Crippen LogP contribution in [0.1, 0.15) is 24.0 Å². The zero-order valence-corrected chi connectivity index (χ0v) is 19.4. The number of benzene rings is 2. The molecule has 0 atom stereocenters. The van der Waals surface area contributed by atoms with E-state index in [2.05, 4.69) is 15.0 Å². The molecule has 29 heavy (non-hydrogen) atoms. The number of ether oxygens (including phenoxy) is 1. The van der Waals surface area contributed by atoms with Gasteiger partial charge in [0.1, 0.15) is 5.75 Å². The summed E-state index contributed by atoms with van der Waals surface area (Å²) < 4.78 is 32.1. The molecule has 0 amide bonds. The lowest BCUT2D eigenvalue weighted by Crippen LogP contribution is -2.33. The van der Waals surface area contributed by atoms with Crippen LogP contribution in [0, 0.1) is 0 Å². The van der Waals surface area contributed by atoms with Gasteiger partial charge in [-0.2, -0.15) is 0 Å². The first-order valence-corrected chi connectivity index (χ1v) is 10.7. The van der Waals surface area contributed by atoms with Crippen LogP contribution in [0.25, 0.3) is 0 Å². The van der Waals surface area contributed by atoms with Crippen LogP contribution in [0.5, 0.6) is 5.75 Å². The number of rotatable bonds is 9. The maximum atomic E-state index is 12.2. The van der Waals surface area contributed by atoms with Gasteiger partial charge in [-0.3, -0.25) is 0 Å². The van der Waals surface area contributed by atoms with E-state index in [-0.39, 0.29) is 34.9 Å². The summed E-state index contributed by atoms with van der Waals surface area (Å²) in [5.41, 5.74) is 7.98. The van der Waals surface area contributed by atoms with Gasteiger partial charge in [0.05, 0.1) is 18.6 Å². The highest BCUT2D eigenvalue weighted by Gasteiger charge is 2.27. The Morgan fingerprint density at radius 1 is 1.10 bits per heavy atom. The Labute approximate surface area is 189 Å². The monoisotopic (exact) mass is 530 g/mol. The van der Waals surface area contributed by atoms with Gasteiger partial charge in [-0.1, -0.05) is 24.3 Å². The maximum Gasteiger partial charge on any atom is 0.240 e. The molecule has 1 saturated carbocycles. The fraction of sp³-hybridized carbons (Fsp3) is 0.350. The normalized spacial score (nSPS) is 14.2. The summed E-state index contributed by atoms with van der Waals surface area (Å²) in [5.74, 6) is 1.19. The predicted octanol–water partition coefficient (Wildman–Crippen LogP) is 2.40. The molecule has 158 valence electrons. The van der Waals surface area contributed by atoms with Gasteiger partial charge in [0.25, 0.3) is 0 Å². The molecule has 4 N–H and O–H groups in total. The molecule has 1 fully saturated rings. The van der Waals surface area contributed by atoms with Gasteiger partial charge < -0.3 is 15.8 Å². The zero-order chi connectivity index (χ0) is 20.0. The first kappa shape index (κ1) is 23.4. The quantitative estimate of drug-likeness (QED) is 0.262. The summed E-state index contributed by atoms with van der Waals surface area (Å²) in [6.45, 7) is 1.06. The molecular formula is C20H27IN4O3S. The lowest BCUT2D eigenvalue weighted by molar-refractivity contribution is 0.414. The van der Waals surface area contributed by atoms with Gasteiger partial charge in [0, 0.05) is 12.6 Å². The molecule has 2 aromatic carbocycles. The molecule has 1 aliphatic rings. The van der Waals surface area contributed by atoms with Crippen molar-refractivity contribution in [2.45, 2.75) is 36.7 Å². The molecule has 1 aliphatic carbocycles. The Hall–Kier alpha value is -1.85. The lowest BCUT2D eigenvalue weighted by Gasteiger charge is -2.08. The third-order valence-electron chi connectivity index (χ3n) is 4.44. The molecule has 0 bridgehead atoms. The zero-order valence-electron chi connectivity index (χ0n) is 16.3. The van der Waals surface area contributed by atoms with Crippen LogP contribution in [-0.4, -0.2) is 34.1 Å². The molecule has 9 heteroatoms.